The number of terminal acetylenes is 1. The number of ether oxygens (including phenoxy) is 2. The minimum atomic E-state index is -0.0626. The van der Waals surface area contributed by atoms with Crippen LogP contribution in [0.4, 0.5) is 0 Å². The summed E-state index contributed by atoms with van der Waals surface area (Å²) in [5, 5.41) is 13.1. The first-order chi connectivity index (χ1) is 10.3. The molecule has 114 valence electrons. The lowest BCUT2D eigenvalue weighted by atomic mass is 9.81. The molecule has 4 nitrogen and oxygen atoms in total. The maximum atomic E-state index is 9.67. The van der Waals surface area contributed by atoms with Gasteiger partial charge in [0.2, 0.25) is 0 Å². The Morgan fingerprint density at radius 1 is 1.33 bits per heavy atom. The number of rotatable bonds is 7. The summed E-state index contributed by atoms with van der Waals surface area (Å²) in [6.45, 7) is 3.39. The highest BCUT2D eigenvalue weighted by Crippen LogP contribution is 2.29. The third-order valence-corrected chi connectivity index (χ3v) is 3.99. The van der Waals surface area contributed by atoms with Gasteiger partial charge in [-0.3, -0.25) is 0 Å². The molecule has 1 aromatic rings. The molecule has 1 heterocycles. The van der Waals surface area contributed by atoms with Crippen LogP contribution in [-0.2, 0) is 11.3 Å². The summed E-state index contributed by atoms with van der Waals surface area (Å²) >= 11 is 0. The Bertz CT molecular complexity index is 475. The van der Waals surface area contributed by atoms with Crippen LogP contribution in [-0.4, -0.2) is 38.1 Å². The highest BCUT2D eigenvalue weighted by molar-refractivity contribution is 5.33. The predicted molar refractivity (Wildman–Crippen MR) is 82.0 cm³/mol. The van der Waals surface area contributed by atoms with Crippen LogP contribution in [0.2, 0.25) is 0 Å². The van der Waals surface area contributed by atoms with E-state index in [9.17, 15) is 5.11 Å². The number of benzene rings is 1. The van der Waals surface area contributed by atoms with Crippen molar-refractivity contribution in [1.82, 2.24) is 5.32 Å². The summed E-state index contributed by atoms with van der Waals surface area (Å²) in [5.74, 6) is 3.29. The highest BCUT2D eigenvalue weighted by atomic mass is 16.5. The van der Waals surface area contributed by atoms with Gasteiger partial charge in [0.15, 0.2) is 0 Å². The van der Waals surface area contributed by atoms with Gasteiger partial charge >= 0.3 is 0 Å². The number of para-hydroxylation sites is 1. The summed E-state index contributed by atoms with van der Waals surface area (Å²) in [6.07, 6.45) is 7.02. The van der Waals surface area contributed by atoms with Crippen LogP contribution in [0.3, 0.4) is 0 Å². The van der Waals surface area contributed by atoms with Crippen LogP contribution in [0.25, 0.3) is 0 Å². The van der Waals surface area contributed by atoms with Crippen molar-refractivity contribution in [3.05, 3.63) is 29.8 Å². The maximum absolute atomic E-state index is 9.67. The standard InChI is InChI=1S/C17H23NO3/c1-2-9-21-16-6-4-3-5-15(16)12-18-13-17(14-19)7-10-20-11-8-17/h1,3-6,18-19H,7-14H2. The fourth-order valence-electron chi connectivity index (χ4n) is 2.57. The normalized spacial score (nSPS) is 17.1. The molecule has 1 fully saturated rings. The second-order valence-corrected chi connectivity index (χ2v) is 5.47. The Morgan fingerprint density at radius 3 is 2.81 bits per heavy atom. The second-order valence-electron chi connectivity index (χ2n) is 5.47. The highest BCUT2D eigenvalue weighted by Gasteiger charge is 2.31. The number of aliphatic hydroxyl groups is 1. The fourth-order valence-corrected chi connectivity index (χ4v) is 2.57. The topological polar surface area (TPSA) is 50.7 Å². The molecule has 2 N–H and O–H groups in total. The van der Waals surface area contributed by atoms with E-state index < -0.39 is 0 Å². The molecule has 0 aliphatic carbocycles. The molecule has 0 spiro atoms. The lowest BCUT2D eigenvalue weighted by molar-refractivity contribution is -0.0154. The lowest BCUT2D eigenvalue weighted by Crippen LogP contribution is -2.41. The molecule has 0 amide bonds. The van der Waals surface area contributed by atoms with Gasteiger partial charge in [0.05, 0.1) is 6.61 Å². The zero-order valence-electron chi connectivity index (χ0n) is 12.3. The Morgan fingerprint density at radius 2 is 2.10 bits per heavy atom. The SMILES string of the molecule is C#CCOc1ccccc1CNCC1(CO)CCOCC1. The van der Waals surface area contributed by atoms with Gasteiger partial charge in [0.1, 0.15) is 12.4 Å². The first-order valence-corrected chi connectivity index (χ1v) is 7.33. The van der Waals surface area contributed by atoms with E-state index in [1.54, 1.807) is 0 Å². The molecule has 0 aromatic heterocycles. The van der Waals surface area contributed by atoms with Gasteiger partial charge in [-0.15, -0.1) is 6.42 Å². The van der Waals surface area contributed by atoms with Gasteiger partial charge < -0.3 is 19.9 Å². The van der Waals surface area contributed by atoms with Crippen LogP contribution in [0.5, 0.6) is 5.75 Å². The predicted octanol–water partition coefficient (Wildman–Crippen LogP) is 1.58. The van der Waals surface area contributed by atoms with Crippen molar-refractivity contribution in [3.8, 4) is 18.1 Å². The third kappa shape index (κ3) is 4.47. The fraction of sp³-hybridized carbons (Fsp3) is 0.529. The van der Waals surface area contributed by atoms with Gasteiger partial charge in [-0.05, 0) is 18.9 Å². The van der Waals surface area contributed by atoms with Gasteiger partial charge in [-0.1, -0.05) is 24.1 Å². The van der Waals surface area contributed by atoms with E-state index in [0.29, 0.717) is 6.54 Å². The Balaban J connectivity index is 1.89. The van der Waals surface area contributed by atoms with E-state index in [1.807, 2.05) is 24.3 Å². The van der Waals surface area contributed by atoms with Crippen molar-refractivity contribution < 1.29 is 14.6 Å². The first-order valence-electron chi connectivity index (χ1n) is 7.33. The van der Waals surface area contributed by atoms with Crippen LogP contribution < -0.4 is 10.1 Å². The number of nitrogens with one attached hydrogen (secondary N) is 1. The molecule has 0 bridgehead atoms. The van der Waals surface area contributed by atoms with Crippen LogP contribution in [0, 0.1) is 17.8 Å². The number of hydrogen-bond acceptors (Lipinski definition) is 4. The van der Waals surface area contributed by atoms with Crippen molar-refractivity contribution >= 4 is 0 Å². The van der Waals surface area contributed by atoms with Gasteiger partial charge in [0.25, 0.3) is 0 Å². The molecular weight excluding hydrogens is 266 g/mol. The summed E-state index contributed by atoms with van der Waals surface area (Å²) in [5.41, 5.74) is 1.01. The van der Waals surface area contributed by atoms with Crippen LogP contribution >= 0.6 is 0 Å². The third-order valence-electron chi connectivity index (χ3n) is 3.99. The largest absolute Gasteiger partial charge is 0.481 e. The molecule has 2 rings (SSSR count). The van der Waals surface area contributed by atoms with Crippen molar-refractivity contribution in [2.24, 2.45) is 5.41 Å². The number of aliphatic hydroxyl groups excluding tert-OH is 1. The van der Waals surface area contributed by atoms with Gasteiger partial charge in [0, 0.05) is 37.3 Å². The van der Waals surface area contributed by atoms with Crippen molar-refractivity contribution in [1.29, 1.82) is 0 Å². The Hall–Kier alpha value is -1.54. The summed E-state index contributed by atoms with van der Waals surface area (Å²) < 4.78 is 10.9. The van der Waals surface area contributed by atoms with Crippen molar-refractivity contribution in [2.75, 3.05) is 33.0 Å². The molecule has 0 atom stereocenters. The van der Waals surface area contributed by atoms with Crippen molar-refractivity contribution in [3.63, 3.8) is 0 Å². The molecule has 1 aliphatic rings. The zero-order chi connectivity index (χ0) is 15.0. The summed E-state index contributed by atoms with van der Waals surface area (Å²) in [4.78, 5) is 0. The quantitative estimate of drug-likeness (QED) is 0.748. The van der Waals surface area contributed by atoms with Crippen LogP contribution in [0.15, 0.2) is 24.3 Å². The second kappa shape index (κ2) is 8.04. The maximum Gasteiger partial charge on any atom is 0.148 e. The average Bonchev–Trinajstić information content (AvgIpc) is 2.55. The average molecular weight is 289 g/mol. The van der Waals surface area contributed by atoms with Crippen LogP contribution in [0.1, 0.15) is 18.4 Å². The molecule has 0 saturated carbocycles. The lowest BCUT2D eigenvalue weighted by Gasteiger charge is -2.35. The van der Waals surface area contributed by atoms with E-state index in [2.05, 4.69) is 11.2 Å². The Kier molecular flexibility index (Phi) is 6.06. The minimum Gasteiger partial charge on any atom is -0.481 e. The molecule has 1 aliphatic heterocycles. The monoisotopic (exact) mass is 289 g/mol. The van der Waals surface area contributed by atoms with E-state index in [-0.39, 0.29) is 18.6 Å². The summed E-state index contributed by atoms with van der Waals surface area (Å²) in [6, 6.07) is 7.86. The molecule has 0 radical (unpaired) electrons. The van der Waals surface area contributed by atoms with E-state index in [0.717, 1.165) is 43.9 Å². The molecule has 1 aromatic carbocycles. The first kappa shape index (κ1) is 15.8. The van der Waals surface area contributed by atoms with E-state index in [4.69, 9.17) is 15.9 Å². The molecule has 0 unspecified atom stereocenters. The zero-order valence-corrected chi connectivity index (χ0v) is 12.3. The molecule has 1 saturated heterocycles. The Labute approximate surface area is 126 Å². The smallest absolute Gasteiger partial charge is 0.148 e. The molecular formula is C17H23NO3. The van der Waals surface area contributed by atoms with Crippen molar-refractivity contribution in [2.45, 2.75) is 19.4 Å². The summed E-state index contributed by atoms with van der Waals surface area (Å²) in [7, 11) is 0. The minimum absolute atomic E-state index is 0.0626. The number of hydrogen-bond donors (Lipinski definition) is 2. The van der Waals surface area contributed by atoms with E-state index >= 15 is 0 Å². The molecule has 21 heavy (non-hydrogen) atoms. The van der Waals surface area contributed by atoms with E-state index in [1.165, 1.54) is 0 Å². The molecule has 4 heteroatoms. The van der Waals surface area contributed by atoms with Gasteiger partial charge in [-0.2, -0.15) is 0 Å². The van der Waals surface area contributed by atoms with Gasteiger partial charge in [-0.25, -0.2) is 0 Å².